The highest BCUT2D eigenvalue weighted by Gasteiger charge is 2.37. The number of hydrogen-bond acceptors (Lipinski definition) is 2. The van der Waals surface area contributed by atoms with Crippen molar-refractivity contribution >= 4 is 16.5 Å². The van der Waals surface area contributed by atoms with Gasteiger partial charge in [-0.1, -0.05) is 9.93 Å². The predicted molar refractivity (Wildman–Crippen MR) is 44.7 cm³/mol. The summed E-state index contributed by atoms with van der Waals surface area (Å²) in [5, 5.41) is 0. The molecule has 1 fully saturated rings. The molecule has 1 rings (SSSR count). The lowest BCUT2D eigenvalue weighted by Gasteiger charge is -2.31. The van der Waals surface area contributed by atoms with E-state index in [2.05, 4.69) is 0 Å². The first kappa shape index (κ1) is 8.60. The quantitative estimate of drug-likeness (QED) is 0.629. The molecule has 0 aromatic heterocycles. The zero-order valence-corrected chi connectivity index (χ0v) is 7.95. The van der Waals surface area contributed by atoms with E-state index in [4.69, 9.17) is 4.18 Å². The summed E-state index contributed by atoms with van der Waals surface area (Å²) in [6.45, 7) is -0.911. The highest BCUT2D eigenvalue weighted by Crippen LogP contribution is 2.77. The molecule has 0 saturated carbocycles. The lowest BCUT2D eigenvalue weighted by molar-refractivity contribution is 0.392. The van der Waals surface area contributed by atoms with Gasteiger partial charge in [0, 0.05) is 12.4 Å². The minimum Gasteiger partial charge on any atom is -0.337 e. The number of rotatable bonds is 1. The van der Waals surface area contributed by atoms with Crippen LogP contribution in [0.5, 0.6) is 0 Å². The molecule has 0 bridgehead atoms. The third kappa shape index (κ3) is 1.40. The maximum Gasteiger partial charge on any atom is 0.256 e. The Labute approximate surface area is 62.5 Å². The SMILES string of the molecule is CP(=O)(O)S1(C)CCCO1. The summed E-state index contributed by atoms with van der Waals surface area (Å²) in [6.07, 6.45) is 2.73. The smallest absolute Gasteiger partial charge is 0.256 e. The van der Waals surface area contributed by atoms with Crippen LogP contribution in [0.25, 0.3) is 0 Å². The number of hydrogen-bond donors (Lipinski definition) is 1. The van der Waals surface area contributed by atoms with Crippen molar-refractivity contribution in [3.05, 3.63) is 0 Å². The van der Waals surface area contributed by atoms with Crippen LogP contribution in [0.3, 0.4) is 0 Å². The molecule has 62 valence electrons. The third-order valence-corrected chi connectivity index (χ3v) is 10.0. The van der Waals surface area contributed by atoms with E-state index in [1.165, 1.54) is 6.66 Å². The van der Waals surface area contributed by atoms with Gasteiger partial charge in [-0.15, -0.1) is 0 Å². The first-order chi connectivity index (χ1) is 4.46. The van der Waals surface area contributed by atoms with E-state index in [1.54, 1.807) is 6.26 Å². The molecule has 1 saturated heterocycles. The largest absolute Gasteiger partial charge is 0.337 e. The van der Waals surface area contributed by atoms with Gasteiger partial charge in [0.2, 0.25) is 0 Å². The van der Waals surface area contributed by atoms with Gasteiger partial charge < -0.3 is 9.08 Å². The van der Waals surface area contributed by atoms with Crippen molar-refractivity contribution in [2.75, 3.05) is 25.3 Å². The van der Waals surface area contributed by atoms with E-state index in [1.807, 2.05) is 0 Å². The van der Waals surface area contributed by atoms with Crippen molar-refractivity contribution in [2.24, 2.45) is 0 Å². The van der Waals surface area contributed by atoms with E-state index in [9.17, 15) is 9.46 Å². The van der Waals surface area contributed by atoms with Gasteiger partial charge in [0.05, 0.1) is 6.61 Å². The zero-order valence-electron chi connectivity index (χ0n) is 6.24. The summed E-state index contributed by atoms with van der Waals surface area (Å²) in [6, 6.07) is 0. The topological polar surface area (TPSA) is 46.5 Å². The lowest BCUT2D eigenvalue weighted by Crippen LogP contribution is -1.97. The van der Waals surface area contributed by atoms with Crippen LogP contribution in [0.2, 0.25) is 0 Å². The molecule has 1 aliphatic rings. The van der Waals surface area contributed by atoms with E-state index >= 15 is 0 Å². The summed E-state index contributed by atoms with van der Waals surface area (Å²) >= 11 is 0. The van der Waals surface area contributed by atoms with Gasteiger partial charge in [-0.3, -0.25) is 4.57 Å². The molecule has 1 heterocycles. The molecule has 0 aromatic rings. The van der Waals surface area contributed by atoms with Crippen LogP contribution in [0.15, 0.2) is 0 Å². The molecule has 10 heavy (non-hydrogen) atoms. The maximum atomic E-state index is 11.2. The fraction of sp³-hybridized carbons (Fsp3) is 1.00. The zero-order chi connectivity index (χ0) is 7.83. The van der Waals surface area contributed by atoms with Gasteiger partial charge in [-0.25, -0.2) is 0 Å². The normalized spacial score (nSPS) is 45.9. The van der Waals surface area contributed by atoms with Gasteiger partial charge in [0.15, 0.2) is 0 Å². The fourth-order valence-corrected chi connectivity index (χ4v) is 4.89. The standard InChI is InChI=1S/C5H13O3PS/c1-9(6,7)10(2)5-3-4-8-10/h3-5H2,1-2H3,(H,6,7). The summed E-state index contributed by atoms with van der Waals surface area (Å²) in [7, 11) is -1.61. The Bertz CT molecular complexity index is 170. The van der Waals surface area contributed by atoms with Gasteiger partial charge in [0.25, 0.3) is 6.57 Å². The molecule has 2 atom stereocenters. The van der Waals surface area contributed by atoms with Gasteiger partial charge in [-0.05, 0) is 12.7 Å². The van der Waals surface area contributed by atoms with Crippen LogP contribution in [-0.4, -0.2) is 30.2 Å². The first-order valence-corrected chi connectivity index (χ1v) is 8.01. The molecule has 1 aliphatic heterocycles. The van der Waals surface area contributed by atoms with Crippen molar-refractivity contribution in [2.45, 2.75) is 6.42 Å². The van der Waals surface area contributed by atoms with E-state index in [0.29, 0.717) is 6.61 Å². The molecule has 2 unspecified atom stereocenters. The predicted octanol–water partition coefficient (Wildman–Crippen LogP) is 1.57. The molecule has 0 aliphatic carbocycles. The highest BCUT2D eigenvalue weighted by atomic mass is 32.8. The van der Waals surface area contributed by atoms with E-state index in [0.717, 1.165) is 12.2 Å². The van der Waals surface area contributed by atoms with Crippen LogP contribution < -0.4 is 0 Å². The minimum absolute atomic E-state index is 0.657. The molecule has 3 nitrogen and oxygen atoms in total. The van der Waals surface area contributed by atoms with Gasteiger partial charge >= 0.3 is 0 Å². The fourth-order valence-electron chi connectivity index (χ4n) is 0.891. The van der Waals surface area contributed by atoms with Crippen LogP contribution in [0, 0.1) is 0 Å². The molecule has 0 radical (unpaired) electrons. The third-order valence-electron chi connectivity index (χ3n) is 1.72. The second-order valence-electron chi connectivity index (χ2n) is 2.64. The van der Waals surface area contributed by atoms with Crippen molar-refractivity contribution in [3.8, 4) is 0 Å². The van der Waals surface area contributed by atoms with Gasteiger partial charge in [0.1, 0.15) is 0 Å². The van der Waals surface area contributed by atoms with E-state index in [-0.39, 0.29) is 0 Å². The second kappa shape index (κ2) is 2.52. The van der Waals surface area contributed by atoms with Crippen molar-refractivity contribution in [1.29, 1.82) is 0 Å². The Morgan fingerprint density at radius 1 is 1.70 bits per heavy atom. The van der Waals surface area contributed by atoms with Crippen molar-refractivity contribution in [1.82, 2.24) is 0 Å². The average Bonchev–Trinajstić information content (AvgIpc) is 2.13. The molecular formula is C5H13O3PS. The Kier molecular flexibility index (Phi) is 2.17. The monoisotopic (exact) mass is 184 g/mol. The first-order valence-electron chi connectivity index (χ1n) is 3.16. The second-order valence-corrected chi connectivity index (χ2v) is 11.2. The average molecular weight is 184 g/mol. The molecule has 1 N–H and O–H groups in total. The summed E-state index contributed by atoms with van der Waals surface area (Å²) in [5.41, 5.74) is 0. The molecule has 0 spiro atoms. The van der Waals surface area contributed by atoms with Gasteiger partial charge in [-0.2, -0.15) is 0 Å². The van der Waals surface area contributed by atoms with Crippen LogP contribution >= 0.6 is 16.5 Å². The Hall–Kier alpha value is 0.500. The highest BCUT2D eigenvalue weighted by molar-refractivity contribution is 8.75. The van der Waals surface area contributed by atoms with Crippen molar-refractivity contribution in [3.63, 3.8) is 0 Å². The summed E-state index contributed by atoms with van der Waals surface area (Å²) in [4.78, 5) is 9.24. The summed E-state index contributed by atoms with van der Waals surface area (Å²) < 4.78 is 16.5. The van der Waals surface area contributed by atoms with Crippen molar-refractivity contribution < 1.29 is 13.6 Å². The lowest BCUT2D eigenvalue weighted by atomic mass is 10.5. The van der Waals surface area contributed by atoms with Crippen LogP contribution in [0.1, 0.15) is 6.42 Å². The Balaban J connectivity index is 2.78. The Morgan fingerprint density at radius 3 is 2.50 bits per heavy atom. The minimum atomic E-state index is -2.96. The van der Waals surface area contributed by atoms with E-state index < -0.39 is 16.5 Å². The Morgan fingerprint density at radius 2 is 2.30 bits per heavy atom. The molecule has 0 aromatic carbocycles. The maximum absolute atomic E-state index is 11.2. The summed E-state index contributed by atoms with van der Waals surface area (Å²) in [5.74, 6) is 0.789. The van der Waals surface area contributed by atoms with Crippen LogP contribution in [0.4, 0.5) is 0 Å². The molecule has 5 heteroatoms. The molecule has 0 amide bonds. The van der Waals surface area contributed by atoms with Crippen LogP contribution in [-0.2, 0) is 8.75 Å². The molecular weight excluding hydrogens is 171 g/mol.